The Morgan fingerprint density at radius 1 is 1.56 bits per heavy atom. The lowest BCUT2D eigenvalue weighted by Gasteiger charge is -2.17. The van der Waals surface area contributed by atoms with E-state index in [4.69, 9.17) is 5.73 Å². The summed E-state index contributed by atoms with van der Waals surface area (Å²) in [5.41, 5.74) is 6.02. The van der Waals surface area contributed by atoms with Gasteiger partial charge in [0.2, 0.25) is 0 Å². The zero-order valence-electron chi connectivity index (χ0n) is 8.68. The molecule has 16 heavy (non-hydrogen) atoms. The molecule has 0 radical (unpaired) electrons. The van der Waals surface area contributed by atoms with Gasteiger partial charge in [-0.2, -0.15) is 0 Å². The standard InChI is InChI=1S/C10H12BrN3S2/c1-6(12)9(7-2-3-8(11)15-7)16-10-13-4-5-14-10/h2-6,9H,12H2,1H3,(H,13,14). The topological polar surface area (TPSA) is 54.7 Å². The summed E-state index contributed by atoms with van der Waals surface area (Å²) in [6.45, 7) is 2.02. The molecule has 0 amide bonds. The van der Waals surface area contributed by atoms with Crippen molar-refractivity contribution in [2.45, 2.75) is 23.4 Å². The molecule has 0 saturated heterocycles. The fourth-order valence-electron chi connectivity index (χ4n) is 1.34. The van der Waals surface area contributed by atoms with Crippen LogP contribution in [0, 0.1) is 0 Å². The van der Waals surface area contributed by atoms with Crippen LogP contribution in [0.4, 0.5) is 0 Å². The van der Waals surface area contributed by atoms with Gasteiger partial charge in [0.15, 0.2) is 5.16 Å². The summed E-state index contributed by atoms with van der Waals surface area (Å²) in [6.07, 6.45) is 3.58. The second-order valence-corrected chi connectivity index (χ2v) is 7.06. The highest BCUT2D eigenvalue weighted by atomic mass is 79.9. The molecule has 3 nitrogen and oxygen atoms in total. The zero-order valence-corrected chi connectivity index (χ0v) is 11.9. The molecule has 2 rings (SSSR count). The van der Waals surface area contributed by atoms with Crippen LogP contribution < -0.4 is 5.73 Å². The summed E-state index contributed by atoms with van der Waals surface area (Å²) in [6, 6.07) is 4.25. The van der Waals surface area contributed by atoms with Crippen molar-refractivity contribution in [1.29, 1.82) is 0 Å². The lowest BCUT2D eigenvalue weighted by atomic mass is 10.2. The van der Waals surface area contributed by atoms with E-state index in [2.05, 4.69) is 38.0 Å². The molecular formula is C10H12BrN3S2. The monoisotopic (exact) mass is 317 g/mol. The number of nitrogens with one attached hydrogen (secondary N) is 1. The summed E-state index contributed by atoms with van der Waals surface area (Å²) in [4.78, 5) is 8.57. The van der Waals surface area contributed by atoms with Gasteiger partial charge in [0, 0.05) is 23.3 Å². The fraction of sp³-hybridized carbons (Fsp3) is 0.300. The van der Waals surface area contributed by atoms with E-state index >= 15 is 0 Å². The molecule has 0 spiro atoms. The van der Waals surface area contributed by atoms with Crippen molar-refractivity contribution < 1.29 is 0 Å². The van der Waals surface area contributed by atoms with Crippen molar-refractivity contribution in [2.24, 2.45) is 5.73 Å². The molecule has 2 aromatic heterocycles. The van der Waals surface area contributed by atoms with Gasteiger partial charge in [-0.15, -0.1) is 11.3 Å². The molecule has 0 aliphatic carbocycles. The Kier molecular flexibility index (Phi) is 4.07. The zero-order chi connectivity index (χ0) is 11.5. The van der Waals surface area contributed by atoms with E-state index in [9.17, 15) is 0 Å². The summed E-state index contributed by atoms with van der Waals surface area (Å²) in [5, 5.41) is 1.15. The van der Waals surface area contributed by atoms with Crippen LogP contribution in [-0.2, 0) is 0 Å². The Labute approximate surface area is 111 Å². The van der Waals surface area contributed by atoms with Gasteiger partial charge in [-0.25, -0.2) is 4.98 Å². The quantitative estimate of drug-likeness (QED) is 0.849. The molecule has 0 aromatic carbocycles. The number of thioether (sulfide) groups is 1. The molecule has 6 heteroatoms. The third-order valence-corrected chi connectivity index (χ3v) is 5.30. The summed E-state index contributed by atoms with van der Waals surface area (Å²) in [7, 11) is 0. The van der Waals surface area contributed by atoms with Gasteiger partial charge < -0.3 is 10.7 Å². The number of thiophene rings is 1. The second kappa shape index (κ2) is 5.35. The number of aromatic amines is 1. The van der Waals surface area contributed by atoms with Crippen molar-refractivity contribution in [1.82, 2.24) is 9.97 Å². The van der Waals surface area contributed by atoms with Crippen LogP contribution in [0.2, 0.25) is 0 Å². The van der Waals surface area contributed by atoms with Crippen molar-refractivity contribution in [3.8, 4) is 0 Å². The number of hydrogen-bond acceptors (Lipinski definition) is 4. The van der Waals surface area contributed by atoms with Gasteiger partial charge in [0.1, 0.15) is 0 Å². The molecule has 86 valence electrons. The smallest absolute Gasteiger partial charge is 0.165 e. The van der Waals surface area contributed by atoms with E-state index < -0.39 is 0 Å². The van der Waals surface area contributed by atoms with E-state index in [1.165, 1.54) is 4.88 Å². The highest BCUT2D eigenvalue weighted by Crippen LogP contribution is 2.39. The molecule has 0 fully saturated rings. The Morgan fingerprint density at radius 3 is 2.88 bits per heavy atom. The minimum atomic E-state index is 0.0839. The first kappa shape index (κ1) is 12.2. The van der Waals surface area contributed by atoms with E-state index in [1.54, 1.807) is 29.3 Å². The van der Waals surface area contributed by atoms with Crippen LogP contribution in [0.3, 0.4) is 0 Å². The number of rotatable bonds is 4. The van der Waals surface area contributed by atoms with Gasteiger partial charge in [-0.3, -0.25) is 0 Å². The molecule has 0 bridgehead atoms. The van der Waals surface area contributed by atoms with Gasteiger partial charge >= 0.3 is 0 Å². The maximum atomic E-state index is 6.02. The normalized spacial score (nSPS) is 14.9. The number of imidazole rings is 1. The molecule has 3 N–H and O–H groups in total. The molecule has 2 atom stereocenters. The average Bonchev–Trinajstić information content (AvgIpc) is 2.84. The van der Waals surface area contributed by atoms with Crippen LogP contribution in [-0.4, -0.2) is 16.0 Å². The van der Waals surface area contributed by atoms with Crippen molar-refractivity contribution >= 4 is 39.0 Å². The van der Waals surface area contributed by atoms with E-state index in [-0.39, 0.29) is 11.3 Å². The molecule has 2 unspecified atom stereocenters. The number of halogens is 1. The number of hydrogen-bond donors (Lipinski definition) is 2. The predicted octanol–water partition coefficient (Wildman–Crippen LogP) is 3.41. The largest absolute Gasteiger partial charge is 0.340 e. The summed E-state index contributed by atoms with van der Waals surface area (Å²) >= 11 is 6.86. The number of H-pyrrole nitrogens is 1. The summed E-state index contributed by atoms with van der Waals surface area (Å²) < 4.78 is 1.13. The first-order chi connectivity index (χ1) is 7.66. The minimum absolute atomic E-state index is 0.0839. The second-order valence-electron chi connectivity index (χ2n) is 3.43. The first-order valence-electron chi connectivity index (χ1n) is 4.83. The molecule has 2 aromatic rings. The minimum Gasteiger partial charge on any atom is -0.340 e. The molecule has 0 saturated carbocycles. The molecule has 0 aliphatic heterocycles. The van der Waals surface area contributed by atoms with Crippen molar-refractivity contribution in [2.75, 3.05) is 0 Å². The molecular weight excluding hydrogens is 306 g/mol. The predicted molar refractivity (Wildman–Crippen MR) is 72.9 cm³/mol. The van der Waals surface area contributed by atoms with E-state index in [0.717, 1.165) is 8.94 Å². The highest BCUT2D eigenvalue weighted by Gasteiger charge is 2.20. The lowest BCUT2D eigenvalue weighted by Crippen LogP contribution is -2.21. The van der Waals surface area contributed by atoms with Crippen LogP contribution in [0.1, 0.15) is 17.1 Å². The number of nitrogens with two attached hydrogens (primary N) is 1. The lowest BCUT2D eigenvalue weighted by molar-refractivity contribution is 0.727. The van der Waals surface area contributed by atoms with Gasteiger partial charge in [0.25, 0.3) is 0 Å². The molecule has 2 heterocycles. The van der Waals surface area contributed by atoms with Crippen LogP contribution >= 0.6 is 39.0 Å². The Morgan fingerprint density at radius 2 is 2.38 bits per heavy atom. The van der Waals surface area contributed by atoms with Gasteiger partial charge in [-0.1, -0.05) is 11.8 Å². The highest BCUT2D eigenvalue weighted by molar-refractivity contribution is 9.11. The third-order valence-electron chi connectivity index (χ3n) is 2.06. The average molecular weight is 318 g/mol. The van der Waals surface area contributed by atoms with Crippen molar-refractivity contribution in [3.05, 3.63) is 33.2 Å². The van der Waals surface area contributed by atoms with E-state index in [1.807, 2.05) is 13.1 Å². The van der Waals surface area contributed by atoms with E-state index in [0.29, 0.717) is 0 Å². The number of nitrogens with zero attached hydrogens (tertiary/aromatic N) is 1. The van der Waals surface area contributed by atoms with Crippen LogP contribution in [0.15, 0.2) is 33.5 Å². The maximum Gasteiger partial charge on any atom is 0.165 e. The first-order valence-corrected chi connectivity index (χ1v) is 7.32. The van der Waals surface area contributed by atoms with Gasteiger partial charge in [-0.05, 0) is 35.0 Å². The van der Waals surface area contributed by atoms with Crippen LogP contribution in [0.25, 0.3) is 0 Å². The Bertz CT molecular complexity index is 439. The Balaban J connectivity index is 2.18. The van der Waals surface area contributed by atoms with Crippen LogP contribution in [0.5, 0.6) is 0 Å². The SMILES string of the molecule is CC(N)C(Sc1ncc[nH]1)c1ccc(Br)s1. The molecule has 0 aliphatic rings. The number of aromatic nitrogens is 2. The fourth-order valence-corrected chi connectivity index (χ4v) is 4.06. The Hall–Kier alpha value is -0.300. The van der Waals surface area contributed by atoms with Gasteiger partial charge in [0.05, 0.1) is 9.04 Å². The third kappa shape index (κ3) is 2.88. The maximum absolute atomic E-state index is 6.02. The van der Waals surface area contributed by atoms with Crippen molar-refractivity contribution in [3.63, 3.8) is 0 Å². The summed E-state index contributed by atoms with van der Waals surface area (Å²) in [5.74, 6) is 0.